The van der Waals surface area contributed by atoms with Crippen molar-refractivity contribution in [3.8, 4) is 0 Å². The lowest BCUT2D eigenvalue weighted by atomic mass is 9.98. The van der Waals surface area contributed by atoms with Gasteiger partial charge in [0.2, 0.25) is 11.8 Å². The van der Waals surface area contributed by atoms with Crippen molar-refractivity contribution in [3.63, 3.8) is 0 Å². The molecule has 0 aliphatic carbocycles. The number of nitrogens with one attached hydrogen (secondary N) is 3. The molecule has 0 bridgehead atoms. The molecule has 2 atom stereocenters. The topological polar surface area (TPSA) is 96.5 Å². The van der Waals surface area contributed by atoms with Crippen LogP contribution < -0.4 is 16.0 Å². The summed E-state index contributed by atoms with van der Waals surface area (Å²) in [7, 11) is 0. The van der Waals surface area contributed by atoms with Crippen LogP contribution in [0.2, 0.25) is 0 Å². The highest BCUT2D eigenvalue weighted by molar-refractivity contribution is 5.95. The summed E-state index contributed by atoms with van der Waals surface area (Å²) in [4.78, 5) is 36.4. The van der Waals surface area contributed by atoms with Crippen LogP contribution in [-0.4, -0.2) is 36.1 Å². The zero-order chi connectivity index (χ0) is 19.7. The lowest BCUT2D eigenvalue weighted by Gasteiger charge is -2.26. The zero-order valence-electron chi connectivity index (χ0n) is 16.1. The van der Waals surface area contributed by atoms with Crippen molar-refractivity contribution in [1.82, 2.24) is 10.6 Å². The Morgan fingerprint density at radius 2 is 1.73 bits per heavy atom. The van der Waals surface area contributed by atoms with E-state index in [1.807, 2.05) is 19.9 Å². The summed E-state index contributed by atoms with van der Waals surface area (Å²) in [6.45, 7) is 8.84. The number of hydrogen-bond acceptors (Lipinski definition) is 4. The Labute approximate surface area is 154 Å². The van der Waals surface area contributed by atoms with Crippen molar-refractivity contribution in [2.45, 2.75) is 52.7 Å². The van der Waals surface area contributed by atoms with Gasteiger partial charge in [-0.1, -0.05) is 38.5 Å². The molecule has 26 heavy (non-hydrogen) atoms. The second-order valence-electron chi connectivity index (χ2n) is 7.14. The third-order valence-corrected chi connectivity index (χ3v) is 3.65. The van der Waals surface area contributed by atoms with Crippen LogP contribution in [0.3, 0.4) is 0 Å². The van der Waals surface area contributed by atoms with Crippen LogP contribution in [-0.2, 0) is 14.3 Å². The molecule has 0 aromatic heterocycles. The van der Waals surface area contributed by atoms with Gasteiger partial charge in [0.1, 0.15) is 11.6 Å². The van der Waals surface area contributed by atoms with E-state index in [0.29, 0.717) is 12.1 Å². The first kappa shape index (κ1) is 21.5. The van der Waals surface area contributed by atoms with Crippen LogP contribution in [0.1, 0.15) is 41.0 Å². The van der Waals surface area contributed by atoms with E-state index in [9.17, 15) is 14.4 Å². The molecule has 0 fully saturated rings. The third kappa shape index (κ3) is 8.00. The number of carbonyl (C=O) groups excluding carboxylic acids is 3. The highest BCUT2D eigenvalue weighted by atomic mass is 16.6. The quantitative estimate of drug-likeness (QED) is 0.694. The van der Waals surface area contributed by atoms with Gasteiger partial charge in [0, 0.05) is 5.69 Å². The van der Waals surface area contributed by atoms with E-state index in [2.05, 4.69) is 16.0 Å². The van der Waals surface area contributed by atoms with Crippen molar-refractivity contribution >= 4 is 23.6 Å². The summed E-state index contributed by atoms with van der Waals surface area (Å²) in [6, 6.07) is 8.18. The molecule has 3 N–H and O–H groups in total. The van der Waals surface area contributed by atoms with Crippen LogP contribution >= 0.6 is 0 Å². The Balaban J connectivity index is 2.60. The Bertz CT molecular complexity index is 611. The van der Waals surface area contributed by atoms with E-state index in [4.69, 9.17) is 4.74 Å². The molecule has 1 aromatic carbocycles. The molecule has 0 heterocycles. The Kier molecular flexibility index (Phi) is 8.09. The summed E-state index contributed by atoms with van der Waals surface area (Å²) >= 11 is 0. The smallest absolute Gasteiger partial charge is 0.408 e. The highest BCUT2D eigenvalue weighted by Gasteiger charge is 2.28. The van der Waals surface area contributed by atoms with Crippen LogP contribution in [0.25, 0.3) is 0 Å². The first-order valence-electron chi connectivity index (χ1n) is 8.74. The number of rotatable bonds is 7. The first-order chi connectivity index (χ1) is 12.1. The largest absolute Gasteiger partial charge is 0.444 e. The Morgan fingerprint density at radius 3 is 2.27 bits per heavy atom. The molecule has 0 radical (unpaired) electrons. The van der Waals surface area contributed by atoms with Crippen LogP contribution in [0.4, 0.5) is 10.5 Å². The monoisotopic (exact) mass is 363 g/mol. The van der Waals surface area contributed by atoms with E-state index >= 15 is 0 Å². The van der Waals surface area contributed by atoms with Gasteiger partial charge in [-0.3, -0.25) is 9.59 Å². The number of carbonyl (C=O) groups is 3. The van der Waals surface area contributed by atoms with Crippen LogP contribution in [0.15, 0.2) is 30.3 Å². The second-order valence-corrected chi connectivity index (χ2v) is 7.14. The minimum atomic E-state index is -0.778. The SMILES string of the molecule is CCC(C)C(NC(=O)OC(C)(C)C)C(=O)NCC(=O)Nc1ccccc1. The average Bonchev–Trinajstić information content (AvgIpc) is 2.56. The van der Waals surface area contributed by atoms with Gasteiger partial charge in [0.05, 0.1) is 6.54 Å². The van der Waals surface area contributed by atoms with Crippen molar-refractivity contribution in [3.05, 3.63) is 30.3 Å². The maximum absolute atomic E-state index is 12.4. The molecule has 7 nitrogen and oxygen atoms in total. The molecular weight excluding hydrogens is 334 g/mol. The highest BCUT2D eigenvalue weighted by Crippen LogP contribution is 2.11. The molecular formula is C19H29N3O4. The maximum atomic E-state index is 12.4. The number of para-hydroxylation sites is 1. The summed E-state index contributed by atoms with van der Waals surface area (Å²) in [5, 5.41) is 7.84. The lowest BCUT2D eigenvalue weighted by Crippen LogP contribution is -2.52. The number of anilines is 1. The van der Waals surface area contributed by atoms with Gasteiger partial charge in [-0.15, -0.1) is 0 Å². The fraction of sp³-hybridized carbons (Fsp3) is 0.526. The fourth-order valence-electron chi connectivity index (χ4n) is 2.14. The van der Waals surface area contributed by atoms with Gasteiger partial charge in [-0.25, -0.2) is 4.79 Å². The number of amides is 3. The number of alkyl carbamates (subject to hydrolysis) is 1. The summed E-state index contributed by atoms with van der Waals surface area (Å²) < 4.78 is 5.21. The minimum absolute atomic E-state index is 0.111. The summed E-state index contributed by atoms with van der Waals surface area (Å²) in [6.07, 6.45) is 0.0241. The fourth-order valence-corrected chi connectivity index (χ4v) is 2.14. The van der Waals surface area contributed by atoms with Crippen LogP contribution in [0, 0.1) is 5.92 Å². The maximum Gasteiger partial charge on any atom is 0.408 e. The van der Waals surface area contributed by atoms with E-state index in [-0.39, 0.29) is 18.4 Å². The Hall–Kier alpha value is -2.57. The third-order valence-electron chi connectivity index (χ3n) is 3.65. The molecule has 7 heteroatoms. The molecule has 0 saturated heterocycles. The van der Waals surface area contributed by atoms with Gasteiger partial charge in [-0.2, -0.15) is 0 Å². The van der Waals surface area contributed by atoms with E-state index < -0.39 is 23.6 Å². The molecule has 1 rings (SSSR count). The van der Waals surface area contributed by atoms with Gasteiger partial charge in [0.15, 0.2) is 0 Å². The van der Waals surface area contributed by atoms with Crippen molar-refractivity contribution in [1.29, 1.82) is 0 Å². The standard InChI is InChI=1S/C19H29N3O4/c1-6-13(2)16(22-18(25)26-19(3,4)5)17(24)20-12-15(23)21-14-10-8-7-9-11-14/h7-11,13,16H,6,12H2,1-5H3,(H,20,24)(H,21,23)(H,22,25). The van der Waals surface area contributed by atoms with Gasteiger partial charge in [0.25, 0.3) is 0 Å². The molecule has 1 aromatic rings. The zero-order valence-corrected chi connectivity index (χ0v) is 16.1. The number of hydrogen-bond donors (Lipinski definition) is 3. The summed E-state index contributed by atoms with van der Waals surface area (Å²) in [5.74, 6) is -0.877. The minimum Gasteiger partial charge on any atom is -0.444 e. The van der Waals surface area contributed by atoms with Gasteiger partial charge >= 0.3 is 6.09 Å². The second kappa shape index (κ2) is 9.79. The van der Waals surface area contributed by atoms with Crippen molar-refractivity contribution < 1.29 is 19.1 Å². The molecule has 3 amide bonds. The number of benzene rings is 1. The van der Waals surface area contributed by atoms with Crippen LogP contribution in [0.5, 0.6) is 0 Å². The van der Waals surface area contributed by atoms with Crippen molar-refractivity contribution in [2.75, 3.05) is 11.9 Å². The molecule has 0 aliphatic rings. The molecule has 0 aliphatic heterocycles. The normalized spacial score (nSPS) is 13.3. The molecule has 144 valence electrons. The predicted octanol–water partition coefficient (Wildman–Crippen LogP) is 2.68. The molecule has 2 unspecified atom stereocenters. The molecule has 0 spiro atoms. The van der Waals surface area contributed by atoms with Gasteiger partial charge < -0.3 is 20.7 Å². The van der Waals surface area contributed by atoms with E-state index in [0.717, 1.165) is 0 Å². The Morgan fingerprint density at radius 1 is 1.12 bits per heavy atom. The number of ether oxygens (including phenoxy) is 1. The van der Waals surface area contributed by atoms with E-state index in [1.54, 1.807) is 45.0 Å². The molecule has 0 saturated carbocycles. The lowest BCUT2D eigenvalue weighted by molar-refractivity contribution is -0.126. The van der Waals surface area contributed by atoms with Crippen molar-refractivity contribution in [2.24, 2.45) is 5.92 Å². The van der Waals surface area contributed by atoms with E-state index in [1.165, 1.54) is 0 Å². The first-order valence-corrected chi connectivity index (χ1v) is 8.74. The van der Waals surface area contributed by atoms with Gasteiger partial charge in [-0.05, 0) is 38.8 Å². The summed E-state index contributed by atoms with van der Waals surface area (Å²) in [5.41, 5.74) is -0.00652. The average molecular weight is 363 g/mol. The predicted molar refractivity (Wildman–Crippen MR) is 101 cm³/mol.